The zero-order valence-corrected chi connectivity index (χ0v) is 16.2. The Morgan fingerprint density at radius 1 is 0.720 bits per heavy atom. The zero-order valence-electron chi connectivity index (χ0n) is 16.2. The van der Waals surface area contributed by atoms with Crippen LogP contribution < -0.4 is 5.73 Å². The molecule has 0 heterocycles. The highest BCUT2D eigenvalue weighted by Gasteiger charge is 2.02. The van der Waals surface area contributed by atoms with Crippen LogP contribution in [0.5, 0.6) is 0 Å². The average Bonchev–Trinajstić information content (AvgIpc) is 2.61. The molecule has 0 aliphatic carbocycles. The van der Waals surface area contributed by atoms with Gasteiger partial charge in [0.05, 0.1) is 0 Å². The summed E-state index contributed by atoms with van der Waals surface area (Å²) in [6, 6.07) is 15.2. The molecule has 0 aliphatic heterocycles. The van der Waals surface area contributed by atoms with E-state index in [9.17, 15) is 0 Å². The molecule has 0 saturated heterocycles. The van der Waals surface area contributed by atoms with Crippen molar-refractivity contribution in [2.45, 2.75) is 78.1 Å². The predicted molar refractivity (Wildman–Crippen MR) is 111 cm³/mol. The highest BCUT2D eigenvalue weighted by Crippen LogP contribution is 2.18. The fourth-order valence-electron chi connectivity index (χ4n) is 3.47. The summed E-state index contributed by atoms with van der Waals surface area (Å²) in [5, 5.41) is 0. The Balaban J connectivity index is 1.73. The molecule has 0 amide bonds. The number of aryl methyl sites for hydroxylation is 2. The SMILES string of the molecule is CCCCCCCCCCc1ccc(Cc2ccc(N)cc2)cc1C. The molecule has 0 fully saturated rings. The highest BCUT2D eigenvalue weighted by molar-refractivity contribution is 5.41. The average molecular weight is 338 g/mol. The van der Waals surface area contributed by atoms with Crippen molar-refractivity contribution in [3.8, 4) is 0 Å². The lowest BCUT2D eigenvalue weighted by Gasteiger charge is -2.09. The van der Waals surface area contributed by atoms with Gasteiger partial charge in [0, 0.05) is 5.69 Å². The summed E-state index contributed by atoms with van der Waals surface area (Å²) in [4.78, 5) is 0. The molecule has 0 saturated carbocycles. The van der Waals surface area contributed by atoms with Gasteiger partial charge in [0.1, 0.15) is 0 Å². The Morgan fingerprint density at radius 2 is 1.32 bits per heavy atom. The molecule has 2 aromatic rings. The second-order valence-corrected chi connectivity index (χ2v) is 7.40. The van der Waals surface area contributed by atoms with Crippen LogP contribution in [0.3, 0.4) is 0 Å². The van der Waals surface area contributed by atoms with Crippen LogP contribution in [0.15, 0.2) is 42.5 Å². The molecule has 136 valence electrons. The van der Waals surface area contributed by atoms with Crippen LogP contribution in [-0.4, -0.2) is 0 Å². The maximum Gasteiger partial charge on any atom is 0.0314 e. The normalized spacial score (nSPS) is 11.0. The van der Waals surface area contributed by atoms with Crippen LogP contribution in [0.1, 0.15) is 80.5 Å². The third-order valence-electron chi connectivity index (χ3n) is 5.09. The van der Waals surface area contributed by atoms with E-state index < -0.39 is 0 Å². The van der Waals surface area contributed by atoms with Crippen LogP contribution in [0.2, 0.25) is 0 Å². The molecule has 0 spiro atoms. The van der Waals surface area contributed by atoms with E-state index in [2.05, 4.69) is 44.2 Å². The van der Waals surface area contributed by atoms with Crippen molar-refractivity contribution in [2.24, 2.45) is 0 Å². The predicted octanol–water partition coefficient (Wildman–Crippen LogP) is 6.85. The van der Waals surface area contributed by atoms with E-state index in [4.69, 9.17) is 5.73 Å². The highest BCUT2D eigenvalue weighted by atomic mass is 14.5. The summed E-state index contributed by atoms with van der Waals surface area (Å²) in [7, 11) is 0. The number of benzene rings is 2. The van der Waals surface area contributed by atoms with Crippen LogP contribution >= 0.6 is 0 Å². The number of hydrogen-bond acceptors (Lipinski definition) is 1. The summed E-state index contributed by atoms with van der Waals surface area (Å²) in [5.74, 6) is 0. The molecule has 2 aromatic carbocycles. The molecule has 2 N–H and O–H groups in total. The van der Waals surface area contributed by atoms with Crippen molar-refractivity contribution >= 4 is 5.69 Å². The van der Waals surface area contributed by atoms with Gasteiger partial charge in [0.25, 0.3) is 0 Å². The van der Waals surface area contributed by atoms with E-state index in [1.807, 2.05) is 12.1 Å². The number of hydrogen-bond donors (Lipinski definition) is 1. The lowest BCUT2D eigenvalue weighted by molar-refractivity contribution is 0.575. The van der Waals surface area contributed by atoms with Gasteiger partial charge in [-0.2, -0.15) is 0 Å². The molecule has 2 rings (SSSR count). The van der Waals surface area contributed by atoms with Crippen molar-refractivity contribution in [1.29, 1.82) is 0 Å². The molecule has 0 unspecified atom stereocenters. The van der Waals surface area contributed by atoms with Gasteiger partial charge in [-0.05, 0) is 60.6 Å². The van der Waals surface area contributed by atoms with Crippen molar-refractivity contribution in [2.75, 3.05) is 5.73 Å². The lowest BCUT2D eigenvalue weighted by Crippen LogP contribution is -1.95. The molecule has 0 bridgehead atoms. The molecular weight excluding hydrogens is 302 g/mol. The van der Waals surface area contributed by atoms with Crippen molar-refractivity contribution in [3.63, 3.8) is 0 Å². The maximum absolute atomic E-state index is 5.76. The number of unbranched alkanes of at least 4 members (excludes halogenated alkanes) is 7. The van der Waals surface area contributed by atoms with Gasteiger partial charge in [-0.15, -0.1) is 0 Å². The molecule has 0 atom stereocenters. The molecule has 0 aliphatic rings. The number of anilines is 1. The summed E-state index contributed by atoms with van der Waals surface area (Å²) in [5.41, 5.74) is 12.3. The van der Waals surface area contributed by atoms with Gasteiger partial charge in [0.15, 0.2) is 0 Å². The summed E-state index contributed by atoms with van der Waals surface area (Å²) >= 11 is 0. The van der Waals surface area contributed by atoms with Crippen LogP contribution in [0, 0.1) is 6.92 Å². The first-order valence-corrected chi connectivity index (χ1v) is 10.1. The van der Waals surface area contributed by atoms with Gasteiger partial charge in [-0.25, -0.2) is 0 Å². The van der Waals surface area contributed by atoms with Gasteiger partial charge >= 0.3 is 0 Å². The van der Waals surface area contributed by atoms with Gasteiger partial charge in [-0.1, -0.05) is 82.2 Å². The molecule has 25 heavy (non-hydrogen) atoms. The molecule has 0 radical (unpaired) electrons. The Kier molecular flexibility index (Phi) is 8.59. The Labute approximate surface area is 154 Å². The van der Waals surface area contributed by atoms with Crippen LogP contribution in [0.4, 0.5) is 5.69 Å². The van der Waals surface area contributed by atoms with Crippen LogP contribution in [0.25, 0.3) is 0 Å². The Morgan fingerprint density at radius 3 is 1.96 bits per heavy atom. The van der Waals surface area contributed by atoms with Crippen molar-refractivity contribution in [3.05, 3.63) is 64.7 Å². The topological polar surface area (TPSA) is 26.0 Å². The fourth-order valence-corrected chi connectivity index (χ4v) is 3.47. The third-order valence-corrected chi connectivity index (χ3v) is 5.09. The number of nitrogen functional groups attached to an aromatic ring is 1. The molecular formula is C24H35N. The summed E-state index contributed by atoms with van der Waals surface area (Å²) < 4.78 is 0. The second kappa shape index (κ2) is 11.0. The largest absolute Gasteiger partial charge is 0.399 e. The lowest BCUT2D eigenvalue weighted by atomic mass is 9.96. The zero-order chi connectivity index (χ0) is 17.9. The van der Waals surface area contributed by atoms with E-state index in [1.165, 1.54) is 80.0 Å². The minimum absolute atomic E-state index is 0.834. The first-order chi connectivity index (χ1) is 12.2. The minimum Gasteiger partial charge on any atom is -0.399 e. The van der Waals surface area contributed by atoms with E-state index in [0.29, 0.717) is 0 Å². The minimum atomic E-state index is 0.834. The Bertz CT molecular complexity index is 612. The Hall–Kier alpha value is -1.76. The van der Waals surface area contributed by atoms with Crippen molar-refractivity contribution < 1.29 is 0 Å². The van der Waals surface area contributed by atoms with E-state index >= 15 is 0 Å². The third kappa shape index (κ3) is 7.34. The first kappa shape index (κ1) is 19.6. The number of rotatable bonds is 11. The monoisotopic (exact) mass is 337 g/mol. The number of nitrogens with two attached hydrogens (primary N) is 1. The second-order valence-electron chi connectivity index (χ2n) is 7.40. The molecule has 0 aromatic heterocycles. The van der Waals surface area contributed by atoms with Gasteiger partial charge < -0.3 is 5.73 Å². The van der Waals surface area contributed by atoms with E-state index in [-0.39, 0.29) is 0 Å². The summed E-state index contributed by atoms with van der Waals surface area (Å²) in [6.45, 7) is 4.54. The standard InChI is InChI=1S/C24H35N/c1-3-4-5-6-7-8-9-10-11-23-15-12-22(18-20(23)2)19-21-13-16-24(25)17-14-21/h12-18H,3-11,19,25H2,1-2H3. The van der Waals surface area contributed by atoms with E-state index in [0.717, 1.165) is 12.1 Å². The summed E-state index contributed by atoms with van der Waals surface area (Å²) in [6.07, 6.45) is 13.3. The van der Waals surface area contributed by atoms with Crippen LogP contribution in [-0.2, 0) is 12.8 Å². The first-order valence-electron chi connectivity index (χ1n) is 10.1. The fraction of sp³-hybridized carbons (Fsp3) is 0.500. The quantitative estimate of drug-likeness (QED) is 0.352. The van der Waals surface area contributed by atoms with Gasteiger partial charge in [0.2, 0.25) is 0 Å². The molecule has 1 heteroatoms. The molecule has 1 nitrogen and oxygen atoms in total. The van der Waals surface area contributed by atoms with Crippen molar-refractivity contribution in [1.82, 2.24) is 0 Å². The smallest absolute Gasteiger partial charge is 0.0314 e. The van der Waals surface area contributed by atoms with Gasteiger partial charge in [-0.3, -0.25) is 0 Å². The maximum atomic E-state index is 5.76. The van der Waals surface area contributed by atoms with E-state index in [1.54, 1.807) is 0 Å².